The van der Waals surface area contributed by atoms with Crippen molar-refractivity contribution in [2.75, 3.05) is 20.1 Å². The van der Waals surface area contributed by atoms with Crippen LogP contribution in [0.1, 0.15) is 19.4 Å². The van der Waals surface area contributed by atoms with Crippen LogP contribution in [0.2, 0.25) is 0 Å². The number of halogens is 1. The predicted octanol–water partition coefficient (Wildman–Crippen LogP) is 2.06. The first-order valence-electron chi connectivity index (χ1n) is 6.93. The highest BCUT2D eigenvalue weighted by molar-refractivity contribution is 8.00. The van der Waals surface area contributed by atoms with Crippen molar-refractivity contribution >= 4 is 21.8 Å². The van der Waals surface area contributed by atoms with Crippen molar-refractivity contribution in [3.8, 4) is 0 Å². The van der Waals surface area contributed by atoms with Gasteiger partial charge in [0.25, 0.3) is 0 Å². The molecule has 0 amide bonds. The Hall–Kier alpha value is -0.630. The van der Waals surface area contributed by atoms with Gasteiger partial charge < -0.3 is 5.32 Å². The number of hydrogen-bond acceptors (Lipinski definition) is 4. The molecule has 1 N–H and O–H groups in total. The number of nitrogens with zero attached hydrogens (tertiary/aromatic N) is 1. The molecule has 0 saturated carbocycles. The average Bonchev–Trinajstić information content (AvgIpc) is 2.40. The molecule has 2 atom stereocenters. The van der Waals surface area contributed by atoms with Crippen molar-refractivity contribution in [1.29, 1.82) is 0 Å². The molecule has 1 heterocycles. The lowest BCUT2D eigenvalue weighted by molar-refractivity contribution is 0.404. The van der Waals surface area contributed by atoms with Gasteiger partial charge in [0.15, 0.2) is 0 Å². The summed E-state index contributed by atoms with van der Waals surface area (Å²) in [5.41, 5.74) is 0.595. The Morgan fingerprint density at radius 2 is 1.95 bits per heavy atom. The lowest BCUT2D eigenvalue weighted by Crippen LogP contribution is -2.44. The average molecular weight is 332 g/mol. The van der Waals surface area contributed by atoms with Crippen LogP contribution in [0.4, 0.5) is 4.39 Å². The van der Waals surface area contributed by atoms with E-state index in [0.717, 1.165) is 6.07 Å². The molecule has 0 aliphatic carbocycles. The molecule has 21 heavy (non-hydrogen) atoms. The van der Waals surface area contributed by atoms with Crippen LogP contribution < -0.4 is 5.32 Å². The first-order chi connectivity index (χ1) is 9.84. The fraction of sp³-hybridized carbons (Fsp3) is 0.571. The van der Waals surface area contributed by atoms with Gasteiger partial charge in [-0.1, -0.05) is 19.9 Å². The van der Waals surface area contributed by atoms with Crippen molar-refractivity contribution in [3.63, 3.8) is 0 Å². The van der Waals surface area contributed by atoms with Gasteiger partial charge in [-0.25, -0.2) is 12.8 Å². The molecule has 1 aliphatic heterocycles. The van der Waals surface area contributed by atoms with Crippen LogP contribution in [0.15, 0.2) is 23.1 Å². The molecular weight excluding hydrogens is 311 g/mol. The third kappa shape index (κ3) is 3.77. The van der Waals surface area contributed by atoms with Crippen molar-refractivity contribution in [2.45, 2.75) is 35.8 Å². The zero-order chi connectivity index (χ0) is 15.6. The summed E-state index contributed by atoms with van der Waals surface area (Å²) in [5.74, 6) is -0.527. The monoisotopic (exact) mass is 332 g/mol. The first kappa shape index (κ1) is 16.7. The van der Waals surface area contributed by atoms with E-state index in [0.29, 0.717) is 25.2 Å². The van der Waals surface area contributed by atoms with Crippen LogP contribution in [-0.4, -0.2) is 43.4 Å². The molecule has 0 spiro atoms. The second-order valence-corrected chi connectivity index (χ2v) is 9.15. The lowest BCUT2D eigenvalue weighted by Gasteiger charge is -2.34. The fourth-order valence-electron chi connectivity index (χ4n) is 2.57. The van der Waals surface area contributed by atoms with Gasteiger partial charge in [-0.05, 0) is 24.7 Å². The van der Waals surface area contributed by atoms with Gasteiger partial charge in [0.05, 0.1) is 4.90 Å². The van der Waals surface area contributed by atoms with Gasteiger partial charge in [0, 0.05) is 30.1 Å². The van der Waals surface area contributed by atoms with Gasteiger partial charge in [-0.15, -0.1) is 0 Å². The fourth-order valence-corrected chi connectivity index (χ4v) is 5.94. The summed E-state index contributed by atoms with van der Waals surface area (Å²) in [6.07, 6.45) is 0. The van der Waals surface area contributed by atoms with Crippen molar-refractivity contribution in [3.05, 3.63) is 29.6 Å². The third-order valence-electron chi connectivity index (χ3n) is 3.40. The molecular formula is C14H21FN2O2S2. The van der Waals surface area contributed by atoms with Crippen molar-refractivity contribution in [1.82, 2.24) is 9.62 Å². The van der Waals surface area contributed by atoms with Gasteiger partial charge in [-0.3, -0.25) is 0 Å². The highest BCUT2D eigenvalue weighted by atomic mass is 32.2. The highest BCUT2D eigenvalue weighted by Gasteiger charge is 2.33. The quantitative estimate of drug-likeness (QED) is 0.917. The Kier molecular flexibility index (Phi) is 5.29. The molecule has 1 aliphatic rings. The number of hydrogen-bond donors (Lipinski definition) is 1. The van der Waals surface area contributed by atoms with E-state index < -0.39 is 15.8 Å². The summed E-state index contributed by atoms with van der Waals surface area (Å²) in [5, 5.41) is 3.41. The molecule has 1 fully saturated rings. The minimum atomic E-state index is -3.66. The SMILES string of the molecule is CNCc1ccc(F)cc1S(=O)(=O)N1CC(C)SC(C)C1. The van der Waals surface area contributed by atoms with E-state index in [9.17, 15) is 12.8 Å². The highest BCUT2D eigenvalue weighted by Crippen LogP contribution is 2.30. The zero-order valence-corrected chi connectivity index (χ0v) is 14.1. The molecule has 4 nitrogen and oxygen atoms in total. The molecule has 0 radical (unpaired) electrons. The van der Waals surface area contributed by atoms with Crippen LogP contribution in [0.25, 0.3) is 0 Å². The second-order valence-electron chi connectivity index (χ2n) is 5.36. The number of rotatable bonds is 4. The zero-order valence-electron chi connectivity index (χ0n) is 12.5. The van der Waals surface area contributed by atoms with E-state index in [1.807, 2.05) is 13.8 Å². The molecule has 0 bridgehead atoms. The maximum Gasteiger partial charge on any atom is 0.243 e. The minimum absolute atomic E-state index is 0.0724. The Morgan fingerprint density at radius 3 is 2.52 bits per heavy atom. The second kappa shape index (κ2) is 6.64. The molecule has 1 saturated heterocycles. The van der Waals surface area contributed by atoms with Crippen molar-refractivity contribution < 1.29 is 12.8 Å². The van der Waals surface area contributed by atoms with E-state index in [2.05, 4.69) is 5.32 Å². The largest absolute Gasteiger partial charge is 0.316 e. The smallest absolute Gasteiger partial charge is 0.243 e. The molecule has 2 rings (SSSR count). The van der Waals surface area contributed by atoms with Crippen LogP contribution in [0.5, 0.6) is 0 Å². The molecule has 118 valence electrons. The predicted molar refractivity (Wildman–Crippen MR) is 84.4 cm³/mol. The van der Waals surface area contributed by atoms with E-state index in [1.165, 1.54) is 16.4 Å². The standard InChI is InChI=1S/C14H21FN2O2S2/c1-10-8-17(9-11(2)20-10)21(18,19)14-6-13(15)5-4-12(14)7-16-3/h4-6,10-11,16H,7-9H2,1-3H3. The summed E-state index contributed by atoms with van der Waals surface area (Å²) in [7, 11) is -1.93. The summed E-state index contributed by atoms with van der Waals surface area (Å²) >= 11 is 1.78. The molecule has 1 aromatic rings. The van der Waals surface area contributed by atoms with E-state index in [4.69, 9.17) is 0 Å². The Labute approximate surface area is 130 Å². The van der Waals surface area contributed by atoms with Crippen LogP contribution in [0, 0.1) is 5.82 Å². The summed E-state index contributed by atoms with van der Waals surface area (Å²) in [6.45, 7) is 5.36. The summed E-state index contributed by atoms with van der Waals surface area (Å²) in [4.78, 5) is 0.0724. The van der Waals surface area contributed by atoms with E-state index in [1.54, 1.807) is 18.8 Å². The summed E-state index contributed by atoms with van der Waals surface area (Å²) in [6, 6.07) is 3.95. The van der Waals surface area contributed by atoms with Gasteiger partial charge >= 0.3 is 0 Å². The number of sulfonamides is 1. The molecule has 7 heteroatoms. The first-order valence-corrected chi connectivity index (χ1v) is 9.31. The van der Waals surface area contributed by atoms with Gasteiger partial charge in [0.1, 0.15) is 5.82 Å². The normalized spacial score (nSPS) is 24.2. The maximum atomic E-state index is 13.5. The minimum Gasteiger partial charge on any atom is -0.316 e. The molecule has 0 aromatic heterocycles. The maximum absolute atomic E-state index is 13.5. The molecule has 1 aromatic carbocycles. The van der Waals surface area contributed by atoms with E-state index in [-0.39, 0.29) is 15.4 Å². The van der Waals surface area contributed by atoms with Crippen LogP contribution in [-0.2, 0) is 16.6 Å². The third-order valence-corrected chi connectivity index (χ3v) is 6.54. The number of thioether (sulfide) groups is 1. The van der Waals surface area contributed by atoms with Crippen LogP contribution in [0.3, 0.4) is 0 Å². The Balaban J connectivity index is 2.41. The Bertz CT molecular complexity index is 597. The summed E-state index contributed by atoms with van der Waals surface area (Å²) < 4.78 is 40.7. The number of nitrogens with one attached hydrogen (secondary N) is 1. The van der Waals surface area contributed by atoms with E-state index >= 15 is 0 Å². The van der Waals surface area contributed by atoms with Gasteiger partial charge in [0.2, 0.25) is 10.0 Å². The van der Waals surface area contributed by atoms with Gasteiger partial charge in [-0.2, -0.15) is 16.1 Å². The number of benzene rings is 1. The van der Waals surface area contributed by atoms with Crippen molar-refractivity contribution in [2.24, 2.45) is 0 Å². The van der Waals surface area contributed by atoms with Crippen LogP contribution >= 0.6 is 11.8 Å². The topological polar surface area (TPSA) is 49.4 Å². The Morgan fingerprint density at radius 1 is 1.33 bits per heavy atom. The molecule has 2 unspecified atom stereocenters. The lowest BCUT2D eigenvalue weighted by atomic mass is 10.2.